The van der Waals surface area contributed by atoms with Crippen molar-refractivity contribution in [3.63, 3.8) is 0 Å². The minimum Gasteiger partial charge on any atom is -0.460 e. The first kappa shape index (κ1) is 19.8. The number of nitrogens with one attached hydrogen (secondary N) is 1. The van der Waals surface area contributed by atoms with E-state index in [1.807, 2.05) is 4.90 Å². The molecule has 0 aromatic carbocycles. The maximum absolute atomic E-state index is 12.0. The highest BCUT2D eigenvalue weighted by Crippen LogP contribution is 2.30. The van der Waals surface area contributed by atoms with Crippen LogP contribution in [-0.4, -0.2) is 57.3 Å². The highest BCUT2D eigenvalue weighted by Gasteiger charge is 2.37. The van der Waals surface area contributed by atoms with Gasteiger partial charge in [0.2, 0.25) is 11.8 Å². The lowest BCUT2D eigenvalue weighted by Gasteiger charge is -2.38. The van der Waals surface area contributed by atoms with E-state index in [1.54, 1.807) is 27.8 Å². The first-order valence-corrected chi connectivity index (χ1v) is 8.41. The van der Waals surface area contributed by atoms with E-state index in [4.69, 9.17) is 4.74 Å². The molecule has 1 fully saturated rings. The van der Waals surface area contributed by atoms with Crippen LogP contribution in [0.15, 0.2) is 6.20 Å². The van der Waals surface area contributed by atoms with Gasteiger partial charge in [0.05, 0.1) is 16.9 Å². The third-order valence-corrected chi connectivity index (χ3v) is 4.06. The average Bonchev–Trinajstić information content (AvgIpc) is 2.52. The molecule has 10 heteroatoms. The van der Waals surface area contributed by atoms with Crippen LogP contribution in [0.3, 0.4) is 0 Å². The van der Waals surface area contributed by atoms with Crippen LogP contribution in [0.1, 0.15) is 40.0 Å². The fourth-order valence-electron chi connectivity index (χ4n) is 2.78. The van der Waals surface area contributed by atoms with Crippen LogP contribution in [0.2, 0.25) is 0 Å². The Bertz CT molecular complexity index is 680. The summed E-state index contributed by atoms with van der Waals surface area (Å²) in [6.07, 6.45) is 1.79. The topological polar surface area (TPSA) is 131 Å². The maximum Gasteiger partial charge on any atom is 0.329 e. The molecular weight excluding hydrogens is 342 g/mol. The zero-order valence-corrected chi connectivity index (χ0v) is 15.5. The second kappa shape index (κ2) is 7.40. The average molecular weight is 367 g/mol. The summed E-state index contributed by atoms with van der Waals surface area (Å²) < 4.78 is 5.27. The number of nitrogens with zero attached hydrogens (tertiary/aromatic N) is 4. The van der Waals surface area contributed by atoms with Crippen molar-refractivity contribution in [2.24, 2.45) is 0 Å². The minimum absolute atomic E-state index is 0.0685. The molecule has 1 aliphatic rings. The van der Waals surface area contributed by atoms with E-state index in [9.17, 15) is 20.0 Å². The van der Waals surface area contributed by atoms with Crippen molar-refractivity contribution in [3.8, 4) is 0 Å². The molecule has 0 saturated carbocycles. The molecule has 0 amide bonds. The molecule has 26 heavy (non-hydrogen) atoms. The molecule has 1 saturated heterocycles. The van der Waals surface area contributed by atoms with Crippen molar-refractivity contribution in [2.75, 3.05) is 30.4 Å². The molecule has 0 spiro atoms. The molecule has 1 aromatic rings. The van der Waals surface area contributed by atoms with E-state index in [-0.39, 0.29) is 17.9 Å². The minimum atomic E-state index is -1.13. The number of carbonyl (C=O) groups is 1. The summed E-state index contributed by atoms with van der Waals surface area (Å²) in [5.74, 6) is 0.0476. The Hall–Kier alpha value is -2.49. The molecule has 1 aliphatic heterocycles. The molecule has 0 bridgehead atoms. The smallest absolute Gasteiger partial charge is 0.329 e. The Kier molecular flexibility index (Phi) is 5.65. The Balaban J connectivity index is 2.01. The Labute approximate surface area is 151 Å². The second-order valence-electron chi connectivity index (χ2n) is 7.39. The first-order valence-electron chi connectivity index (χ1n) is 8.41. The van der Waals surface area contributed by atoms with Crippen molar-refractivity contribution >= 4 is 23.4 Å². The van der Waals surface area contributed by atoms with E-state index in [2.05, 4.69) is 15.3 Å². The van der Waals surface area contributed by atoms with Crippen LogP contribution < -0.4 is 10.2 Å². The van der Waals surface area contributed by atoms with Gasteiger partial charge in [0, 0.05) is 20.1 Å². The molecule has 2 rings (SSSR count). The van der Waals surface area contributed by atoms with Gasteiger partial charge in [-0.3, -0.25) is 14.9 Å². The second-order valence-corrected chi connectivity index (χ2v) is 7.39. The predicted octanol–water partition coefficient (Wildman–Crippen LogP) is 1.49. The third-order valence-electron chi connectivity index (χ3n) is 4.06. The van der Waals surface area contributed by atoms with Gasteiger partial charge < -0.3 is 20.1 Å². The van der Waals surface area contributed by atoms with Crippen LogP contribution in [0.25, 0.3) is 0 Å². The third kappa shape index (κ3) is 5.01. The molecule has 0 radical (unpaired) electrons. The SMILES string of the molecule is CNc1nc(N2CCC(O)(CC(=O)OC(C)(C)C)CC2)ncc1[N+](=O)[O-]. The van der Waals surface area contributed by atoms with Gasteiger partial charge in [0.25, 0.3) is 0 Å². The van der Waals surface area contributed by atoms with Gasteiger partial charge in [0.1, 0.15) is 11.8 Å². The van der Waals surface area contributed by atoms with Crippen LogP contribution >= 0.6 is 0 Å². The van der Waals surface area contributed by atoms with Gasteiger partial charge in [-0.25, -0.2) is 4.98 Å². The normalized spacial score (nSPS) is 16.9. The molecule has 0 atom stereocenters. The van der Waals surface area contributed by atoms with E-state index >= 15 is 0 Å². The van der Waals surface area contributed by atoms with Gasteiger partial charge in [0.15, 0.2) is 0 Å². The Morgan fingerprint density at radius 1 is 1.46 bits per heavy atom. The molecule has 144 valence electrons. The van der Waals surface area contributed by atoms with Gasteiger partial charge in [-0.15, -0.1) is 0 Å². The summed E-state index contributed by atoms with van der Waals surface area (Å²) in [5, 5.41) is 24.3. The molecule has 1 aromatic heterocycles. The highest BCUT2D eigenvalue weighted by atomic mass is 16.6. The number of nitro groups is 1. The van der Waals surface area contributed by atoms with E-state index in [1.165, 1.54) is 0 Å². The van der Waals surface area contributed by atoms with Gasteiger partial charge in [-0.05, 0) is 33.6 Å². The highest BCUT2D eigenvalue weighted by molar-refractivity contribution is 5.71. The van der Waals surface area contributed by atoms with E-state index < -0.39 is 22.1 Å². The molecule has 2 heterocycles. The van der Waals surface area contributed by atoms with Crippen molar-refractivity contribution in [1.29, 1.82) is 0 Å². The molecular formula is C16H25N5O5. The predicted molar refractivity (Wildman–Crippen MR) is 95.1 cm³/mol. The van der Waals surface area contributed by atoms with Crippen molar-refractivity contribution in [3.05, 3.63) is 16.3 Å². The van der Waals surface area contributed by atoms with Gasteiger partial charge in [-0.1, -0.05) is 0 Å². The van der Waals surface area contributed by atoms with E-state index in [0.29, 0.717) is 31.9 Å². The summed E-state index contributed by atoms with van der Waals surface area (Å²) in [6.45, 7) is 6.20. The fraction of sp³-hybridized carbons (Fsp3) is 0.688. The van der Waals surface area contributed by atoms with Gasteiger partial charge in [-0.2, -0.15) is 4.98 Å². The number of carbonyl (C=O) groups excluding carboxylic acids is 1. The lowest BCUT2D eigenvalue weighted by molar-refractivity contribution is -0.384. The summed E-state index contributed by atoms with van der Waals surface area (Å²) in [7, 11) is 1.55. The largest absolute Gasteiger partial charge is 0.460 e. The molecule has 0 unspecified atom stereocenters. The maximum atomic E-state index is 12.0. The Morgan fingerprint density at radius 3 is 2.58 bits per heavy atom. The number of aromatic nitrogens is 2. The van der Waals surface area contributed by atoms with Gasteiger partial charge >= 0.3 is 11.7 Å². The van der Waals surface area contributed by atoms with E-state index in [0.717, 1.165) is 6.20 Å². The Morgan fingerprint density at radius 2 is 2.08 bits per heavy atom. The molecule has 10 nitrogen and oxygen atoms in total. The van der Waals surface area contributed by atoms with Crippen molar-refractivity contribution < 1.29 is 19.6 Å². The number of piperidine rings is 1. The summed E-state index contributed by atoms with van der Waals surface area (Å²) in [5.41, 5.74) is -1.93. The first-order chi connectivity index (χ1) is 12.0. The summed E-state index contributed by atoms with van der Waals surface area (Å²) in [6, 6.07) is 0. The number of anilines is 2. The number of hydrogen-bond acceptors (Lipinski definition) is 9. The zero-order chi connectivity index (χ0) is 19.5. The number of aliphatic hydroxyl groups is 1. The van der Waals surface area contributed by atoms with Crippen molar-refractivity contribution in [1.82, 2.24) is 9.97 Å². The number of hydrogen-bond donors (Lipinski definition) is 2. The molecule has 0 aliphatic carbocycles. The number of esters is 1. The number of rotatable bonds is 5. The van der Waals surface area contributed by atoms with Crippen LogP contribution in [0.5, 0.6) is 0 Å². The van der Waals surface area contributed by atoms with Crippen LogP contribution in [0.4, 0.5) is 17.5 Å². The fourth-order valence-corrected chi connectivity index (χ4v) is 2.78. The standard InChI is InChI=1S/C16H25N5O5/c1-15(2,3)26-12(22)9-16(23)5-7-20(8-6-16)14-18-10-11(21(24)25)13(17-4)19-14/h10,23H,5-9H2,1-4H3,(H,17,18,19). The summed E-state index contributed by atoms with van der Waals surface area (Å²) >= 11 is 0. The monoisotopic (exact) mass is 367 g/mol. The zero-order valence-electron chi connectivity index (χ0n) is 15.5. The van der Waals surface area contributed by atoms with Crippen LogP contribution in [-0.2, 0) is 9.53 Å². The summed E-state index contributed by atoms with van der Waals surface area (Å²) in [4.78, 5) is 32.4. The number of ether oxygens (including phenoxy) is 1. The quantitative estimate of drug-likeness (QED) is 0.451. The van der Waals surface area contributed by atoms with Crippen LogP contribution in [0, 0.1) is 10.1 Å². The lowest BCUT2D eigenvalue weighted by Crippen LogP contribution is -2.46. The molecule has 2 N–H and O–H groups in total. The van der Waals surface area contributed by atoms with Crippen molar-refractivity contribution in [2.45, 2.75) is 51.2 Å². The lowest BCUT2D eigenvalue weighted by atomic mass is 9.88.